The maximum atomic E-state index is 13.5. The van der Waals surface area contributed by atoms with Gasteiger partial charge in [-0.1, -0.05) is 72.8 Å². The molecule has 0 aromatic heterocycles. The van der Waals surface area contributed by atoms with E-state index in [0.29, 0.717) is 29.2 Å². The van der Waals surface area contributed by atoms with Gasteiger partial charge < -0.3 is 15.0 Å². The molecular formula is C31H29N3O5S. The van der Waals surface area contributed by atoms with Crippen LogP contribution in [-0.2, 0) is 32.6 Å². The molecule has 1 N–H and O–H groups in total. The minimum atomic E-state index is -3.71. The lowest BCUT2D eigenvalue weighted by Crippen LogP contribution is -2.51. The van der Waals surface area contributed by atoms with Crippen molar-refractivity contribution in [1.82, 2.24) is 5.32 Å². The quantitative estimate of drug-likeness (QED) is 0.352. The van der Waals surface area contributed by atoms with Crippen molar-refractivity contribution in [2.24, 2.45) is 0 Å². The molecule has 0 fully saturated rings. The molecule has 8 nitrogen and oxygen atoms in total. The third-order valence-electron chi connectivity index (χ3n) is 6.73. The SMILES string of the molecule is CN(c1ccc(CC(=O)N2C[C@@H](C(=O)NCc3ccccc3)Oc3ccccc32)cc1)S(=O)(=O)c1ccccc1. The second kappa shape index (κ2) is 11.6. The van der Waals surface area contributed by atoms with Crippen LogP contribution < -0.4 is 19.3 Å². The summed E-state index contributed by atoms with van der Waals surface area (Å²) in [5.41, 5.74) is 2.76. The fourth-order valence-electron chi connectivity index (χ4n) is 4.49. The maximum Gasteiger partial charge on any atom is 0.264 e. The first-order chi connectivity index (χ1) is 19.3. The van der Waals surface area contributed by atoms with Gasteiger partial charge in [-0.3, -0.25) is 13.9 Å². The van der Waals surface area contributed by atoms with E-state index >= 15 is 0 Å². The van der Waals surface area contributed by atoms with Gasteiger partial charge in [0, 0.05) is 13.6 Å². The number of nitrogens with one attached hydrogen (secondary N) is 1. The van der Waals surface area contributed by atoms with Crippen LogP contribution >= 0.6 is 0 Å². The van der Waals surface area contributed by atoms with Crippen molar-refractivity contribution in [2.75, 3.05) is 22.8 Å². The molecule has 40 heavy (non-hydrogen) atoms. The molecule has 2 amide bonds. The molecule has 1 atom stereocenters. The molecule has 1 heterocycles. The number of hydrogen-bond donors (Lipinski definition) is 1. The summed E-state index contributed by atoms with van der Waals surface area (Å²) in [7, 11) is -2.21. The van der Waals surface area contributed by atoms with Crippen molar-refractivity contribution in [2.45, 2.75) is 24.0 Å². The maximum absolute atomic E-state index is 13.5. The average molecular weight is 556 g/mol. The Balaban J connectivity index is 1.28. The molecule has 0 bridgehead atoms. The van der Waals surface area contributed by atoms with E-state index in [1.807, 2.05) is 36.4 Å². The second-order valence-electron chi connectivity index (χ2n) is 9.41. The highest BCUT2D eigenvalue weighted by Crippen LogP contribution is 2.34. The summed E-state index contributed by atoms with van der Waals surface area (Å²) in [6.07, 6.45) is -0.788. The number of sulfonamides is 1. The zero-order valence-corrected chi connectivity index (χ0v) is 22.8. The van der Waals surface area contributed by atoms with Gasteiger partial charge in [0.2, 0.25) is 5.91 Å². The zero-order chi connectivity index (χ0) is 28.1. The van der Waals surface area contributed by atoms with E-state index in [1.54, 1.807) is 77.7 Å². The van der Waals surface area contributed by atoms with Crippen molar-refractivity contribution in [3.8, 4) is 5.75 Å². The monoisotopic (exact) mass is 555 g/mol. The number of carbonyl (C=O) groups is 2. The Morgan fingerprint density at radius 3 is 2.17 bits per heavy atom. The third-order valence-corrected chi connectivity index (χ3v) is 8.53. The van der Waals surface area contributed by atoms with Crippen molar-refractivity contribution in [3.05, 3.63) is 120 Å². The Kier molecular flexibility index (Phi) is 7.84. The predicted molar refractivity (Wildman–Crippen MR) is 154 cm³/mol. The Bertz CT molecular complexity index is 1590. The predicted octanol–water partition coefficient (Wildman–Crippen LogP) is 4.16. The Hall–Kier alpha value is -4.63. The van der Waals surface area contributed by atoms with Crippen LogP contribution in [0.4, 0.5) is 11.4 Å². The largest absolute Gasteiger partial charge is 0.477 e. The third kappa shape index (κ3) is 5.84. The Morgan fingerprint density at radius 1 is 0.850 bits per heavy atom. The highest BCUT2D eigenvalue weighted by Gasteiger charge is 2.33. The molecule has 4 aromatic rings. The molecule has 9 heteroatoms. The summed E-state index contributed by atoms with van der Waals surface area (Å²) in [6.45, 7) is 0.433. The van der Waals surface area contributed by atoms with Gasteiger partial charge in [-0.15, -0.1) is 0 Å². The summed E-state index contributed by atoms with van der Waals surface area (Å²) in [4.78, 5) is 28.2. The molecule has 0 spiro atoms. The average Bonchev–Trinajstić information content (AvgIpc) is 3.00. The van der Waals surface area contributed by atoms with Gasteiger partial charge in [0.1, 0.15) is 5.75 Å². The molecular weight excluding hydrogens is 526 g/mol. The van der Waals surface area contributed by atoms with Gasteiger partial charge in [0.05, 0.1) is 29.2 Å². The summed E-state index contributed by atoms with van der Waals surface area (Å²) >= 11 is 0. The lowest BCUT2D eigenvalue weighted by Gasteiger charge is -2.34. The van der Waals surface area contributed by atoms with Crippen LogP contribution in [0.2, 0.25) is 0 Å². The molecule has 0 unspecified atom stereocenters. The highest BCUT2D eigenvalue weighted by atomic mass is 32.2. The van der Waals surface area contributed by atoms with Crippen LogP contribution in [0.3, 0.4) is 0 Å². The molecule has 4 aromatic carbocycles. The Labute approximate surface area is 233 Å². The van der Waals surface area contributed by atoms with E-state index in [9.17, 15) is 18.0 Å². The summed E-state index contributed by atoms with van der Waals surface area (Å²) in [6, 6.07) is 31.8. The van der Waals surface area contributed by atoms with Crippen LogP contribution in [0.25, 0.3) is 0 Å². The van der Waals surface area contributed by atoms with Crippen LogP contribution in [0, 0.1) is 0 Å². The van der Waals surface area contributed by atoms with E-state index in [2.05, 4.69) is 5.32 Å². The number of amides is 2. The van der Waals surface area contributed by atoms with Crippen molar-refractivity contribution < 1.29 is 22.7 Å². The summed E-state index contributed by atoms with van der Waals surface area (Å²) < 4.78 is 33.1. The van der Waals surface area contributed by atoms with E-state index < -0.39 is 16.1 Å². The summed E-state index contributed by atoms with van der Waals surface area (Å²) in [5, 5.41) is 2.89. The number of carbonyl (C=O) groups excluding carboxylic acids is 2. The molecule has 1 aliphatic heterocycles. The number of rotatable bonds is 8. The van der Waals surface area contributed by atoms with Gasteiger partial charge in [-0.05, 0) is 47.5 Å². The molecule has 204 valence electrons. The van der Waals surface area contributed by atoms with Crippen molar-refractivity contribution >= 4 is 33.2 Å². The first-order valence-corrected chi connectivity index (χ1v) is 14.3. The van der Waals surface area contributed by atoms with E-state index in [-0.39, 0.29) is 29.7 Å². The number of benzene rings is 4. The number of nitrogens with zero attached hydrogens (tertiary/aromatic N) is 2. The van der Waals surface area contributed by atoms with E-state index in [4.69, 9.17) is 4.74 Å². The second-order valence-corrected chi connectivity index (χ2v) is 11.4. The number of para-hydroxylation sites is 2. The fraction of sp³-hybridized carbons (Fsp3) is 0.161. The number of hydrogen-bond acceptors (Lipinski definition) is 5. The highest BCUT2D eigenvalue weighted by molar-refractivity contribution is 7.92. The van der Waals surface area contributed by atoms with Crippen LogP contribution in [-0.4, -0.2) is 39.9 Å². The molecule has 0 radical (unpaired) electrons. The minimum Gasteiger partial charge on any atom is -0.477 e. The van der Waals surface area contributed by atoms with Gasteiger partial charge >= 0.3 is 0 Å². The smallest absolute Gasteiger partial charge is 0.264 e. The normalized spacial score (nSPS) is 14.5. The number of anilines is 2. The van der Waals surface area contributed by atoms with E-state index in [1.165, 1.54) is 11.4 Å². The van der Waals surface area contributed by atoms with Crippen LogP contribution in [0.15, 0.2) is 114 Å². The van der Waals surface area contributed by atoms with E-state index in [0.717, 1.165) is 5.56 Å². The zero-order valence-electron chi connectivity index (χ0n) is 21.9. The summed E-state index contributed by atoms with van der Waals surface area (Å²) in [5.74, 6) is -0.0390. The molecule has 0 aliphatic carbocycles. The van der Waals surface area contributed by atoms with Crippen molar-refractivity contribution in [1.29, 1.82) is 0 Å². The van der Waals surface area contributed by atoms with Gasteiger partial charge in [-0.2, -0.15) is 0 Å². The molecule has 5 rings (SSSR count). The van der Waals surface area contributed by atoms with Crippen LogP contribution in [0.5, 0.6) is 5.75 Å². The first-order valence-electron chi connectivity index (χ1n) is 12.8. The fourth-order valence-corrected chi connectivity index (χ4v) is 5.71. The van der Waals surface area contributed by atoms with Crippen molar-refractivity contribution in [3.63, 3.8) is 0 Å². The minimum absolute atomic E-state index is 0.0715. The van der Waals surface area contributed by atoms with Gasteiger partial charge in [-0.25, -0.2) is 8.42 Å². The number of ether oxygens (including phenoxy) is 1. The molecule has 0 saturated carbocycles. The lowest BCUT2D eigenvalue weighted by molar-refractivity contribution is -0.128. The van der Waals surface area contributed by atoms with Gasteiger partial charge in [0.15, 0.2) is 6.10 Å². The standard InChI is InChI=1S/C31H29N3O5S/c1-33(40(37,38)26-12-6-3-7-13-26)25-18-16-23(17-19-25)20-30(35)34-22-29(39-28-15-9-8-14-27(28)34)31(36)32-21-24-10-4-2-5-11-24/h2-19,29H,20-22H2,1H3,(H,32,36)/t29-/m0/s1. The topological polar surface area (TPSA) is 96.0 Å². The Morgan fingerprint density at radius 2 is 1.48 bits per heavy atom. The number of fused-ring (bicyclic) bond motifs is 1. The molecule has 1 aliphatic rings. The first kappa shape index (κ1) is 27.0. The van der Waals surface area contributed by atoms with Crippen LogP contribution in [0.1, 0.15) is 11.1 Å². The molecule has 0 saturated heterocycles. The lowest BCUT2D eigenvalue weighted by atomic mass is 10.1. The van der Waals surface area contributed by atoms with Gasteiger partial charge in [0.25, 0.3) is 15.9 Å².